The molecule has 0 aliphatic rings. The minimum atomic E-state index is -0.0730. The average molecular weight is 217 g/mol. The Morgan fingerprint density at radius 3 is 2.81 bits per heavy atom. The maximum absolute atomic E-state index is 10.6. The number of carbonyl (C=O) groups excluding carboxylic acids is 1. The van der Waals surface area contributed by atoms with Crippen LogP contribution in [0.1, 0.15) is 18.1 Å². The number of rotatable bonds is 2. The summed E-state index contributed by atoms with van der Waals surface area (Å²) < 4.78 is 5.14. The highest BCUT2D eigenvalue weighted by Crippen LogP contribution is 2.15. The van der Waals surface area contributed by atoms with Crippen LogP contribution >= 0.6 is 0 Å². The SMILES string of the molecule is COc1cc(C)cc(C#CCNC(C)=O)c1. The highest BCUT2D eigenvalue weighted by Gasteiger charge is 1.95. The molecule has 0 aliphatic carbocycles. The Hall–Kier alpha value is -1.95. The molecule has 84 valence electrons. The van der Waals surface area contributed by atoms with Crippen molar-refractivity contribution in [1.82, 2.24) is 5.32 Å². The van der Waals surface area contributed by atoms with E-state index in [1.807, 2.05) is 25.1 Å². The normalized spacial score (nSPS) is 8.94. The van der Waals surface area contributed by atoms with Crippen LogP contribution in [-0.4, -0.2) is 19.6 Å². The van der Waals surface area contributed by atoms with Crippen molar-refractivity contribution >= 4 is 5.91 Å². The smallest absolute Gasteiger partial charge is 0.217 e. The van der Waals surface area contributed by atoms with Crippen molar-refractivity contribution < 1.29 is 9.53 Å². The van der Waals surface area contributed by atoms with E-state index in [0.717, 1.165) is 16.9 Å². The molecule has 1 aromatic carbocycles. The average Bonchev–Trinajstić information content (AvgIpc) is 2.23. The van der Waals surface area contributed by atoms with Crippen LogP contribution in [0.3, 0.4) is 0 Å². The fourth-order valence-electron chi connectivity index (χ4n) is 1.25. The monoisotopic (exact) mass is 217 g/mol. The number of aryl methyl sites for hydroxylation is 1. The van der Waals surface area contributed by atoms with E-state index in [-0.39, 0.29) is 5.91 Å². The zero-order valence-corrected chi connectivity index (χ0v) is 9.76. The lowest BCUT2D eigenvalue weighted by atomic mass is 10.1. The van der Waals surface area contributed by atoms with Crippen LogP contribution in [0, 0.1) is 18.8 Å². The molecule has 0 unspecified atom stereocenters. The van der Waals surface area contributed by atoms with Crippen molar-refractivity contribution in [3.63, 3.8) is 0 Å². The lowest BCUT2D eigenvalue weighted by molar-refractivity contribution is -0.118. The van der Waals surface area contributed by atoms with Crippen LogP contribution < -0.4 is 10.1 Å². The van der Waals surface area contributed by atoms with Crippen LogP contribution in [0.5, 0.6) is 5.75 Å². The van der Waals surface area contributed by atoms with Gasteiger partial charge in [0.25, 0.3) is 0 Å². The summed E-state index contributed by atoms with van der Waals surface area (Å²) in [6.07, 6.45) is 0. The van der Waals surface area contributed by atoms with Gasteiger partial charge in [0.15, 0.2) is 0 Å². The zero-order chi connectivity index (χ0) is 12.0. The molecule has 0 atom stereocenters. The number of carbonyl (C=O) groups is 1. The summed E-state index contributed by atoms with van der Waals surface area (Å²) in [6.45, 7) is 3.82. The van der Waals surface area contributed by atoms with Gasteiger partial charge in [-0.3, -0.25) is 4.79 Å². The molecule has 0 aromatic heterocycles. The molecule has 0 spiro atoms. The molecule has 0 saturated heterocycles. The highest BCUT2D eigenvalue weighted by molar-refractivity contribution is 5.73. The number of nitrogens with one attached hydrogen (secondary N) is 1. The standard InChI is InChI=1S/C13H15NO2/c1-10-7-12(9-13(8-10)16-3)5-4-6-14-11(2)15/h7-9H,6H2,1-3H3,(H,14,15). The van der Waals surface area contributed by atoms with Crippen LogP contribution in [0.2, 0.25) is 0 Å². The Morgan fingerprint density at radius 1 is 1.44 bits per heavy atom. The molecule has 1 N–H and O–H groups in total. The first kappa shape index (κ1) is 12.1. The first-order valence-electron chi connectivity index (χ1n) is 5.01. The third kappa shape index (κ3) is 4.05. The second-order valence-corrected chi connectivity index (χ2v) is 3.45. The van der Waals surface area contributed by atoms with E-state index in [1.165, 1.54) is 6.92 Å². The minimum absolute atomic E-state index is 0.0730. The molecule has 3 nitrogen and oxygen atoms in total. The van der Waals surface area contributed by atoms with Gasteiger partial charge in [0.2, 0.25) is 5.91 Å². The molecule has 0 radical (unpaired) electrons. The maximum Gasteiger partial charge on any atom is 0.217 e. The van der Waals surface area contributed by atoms with Crippen LogP contribution in [0.4, 0.5) is 0 Å². The lowest BCUT2D eigenvalue weighted by Gasteiger charge is -2.01. The summed E-state index contributed by atoms with van der Waals surface area (Å²) in [5, 5.41) is 2.62. The Balaban J connectivity index is 2.72. The number of ether oxygens (including phenoxy) is 1. The molecule has 1 amide bonds. The highest BCUT2D eigenvalue weighted by atomic mass is 16.5. The molecular weight excluding hydrogens is 202 g/mol. The molecule has 3 heteroatoms. The van der Waals surface area contributed by atoms with Crippen molar-refractivity contribution in [2.24, 2.45) is 0 Å². The summed E-state index contributed by atoms with van der Waals surface area (Å²) >= 11 is 0. The van der Waals surface area contributed by atoms with E-state index in [2.05, 4.69) is 17.2 Å². The Bertz CT molecular complexity index is 441. The third-order valence-electron chi connectivity index (χ3n) is 1.95. The van der Waals surface area contributed by atoms with Gasteiger partial charge in [0.05, 0.1) is 13.7 Å². The second-order valence-electron chi connectivity index (χ2n) is 3.45. The summed E-state index contributed by atoms with van der Waals surface area (Å²) in [7, 11) is 1.63. The lowest BCUT2D eigenvalue weighted by Crippen LogP contribution is -2.19. The Kier molecular flexibility index (Phi) is 4.41. The molecule has 16 heavy (non-hydrogen) atoms. The number of amides is 1. The summed E-state index contributed by atoms with van der Waals surface area (Å²) in [5.74, 6) is 6.57. The van der Waals surface area contributed by atoms with Crippen molar-refractivity contribution in [3.8, 4) is 17.6 Å². The molecule has 0 fully saturated rings. The first-order valence-corrected chi connectivity index (χ1v) is 5.01. The van der Waals surface area contributed by atoms with Crippen molar-refractivity contribution in [2.45, 2.75) is 13.8 Å². The number of benzene rings is 1. The van der Waals surface area contributed by atoms with Gasteiger partial charge < -0.3 is 10.1 Å². The van der Waals surface area contributed by atoms with Gasteiger partial charge >= 0.3 is 0 Å². The molecule has 1 rings (SSSR count). The molecular formula is C13H15NO2. The van der Waals surface area contributed by atoms with Gasteiger partial charge in [0, 0.05) is 12.5 Å². The van der Waals surface area contributed by atoms with E-state index in [0.29, 0.717) is 6.54 Å². The summed E-state index contributed by atoms with van der Waals surface area (Å²) in [5.41, 5.74) is 1.99. The number of methoxy groups -OCH3 is 1. The van der Waals surface area contributed by atoms with Crippen molar-refractivity contribution in [3.05, 3.63) is 29.3 Å². The zero-order valence-electron chi connectivity index (χ0n) is 9.76. The predicted molar refractivity (Wildman–Crippen MR) is 63.3 cm³/mol. The summed E-state index contributed by atoms with van der Waals surface area (Å²) in [6, 6.07) is 5.79. The van der Waals surface area contributed by atoms with E-state index in [9.17, 15) is 4.79 Å². The molecule has 0 saturated carbocycles. The predicted octanol–water partition coefficient (Wildman–Crippen LogP) is 1.49. The third-order valence-corrected chi connectivity index (χ3v) is 1.95. The van der Waals surface area contributed by atoms with E-state index in [4.69, 9.17) is 4.74 Å². The topological polar surface area (TPSA) is 38.3 Å². The molecule has 0 aliphatic heterocycles. The second kappa shape index (κ2) is 5.82. The largest absolute Gasteiger partial charge is 0.497 e. The number of hydrogen-bond donors (Lipinski definition) is 1. The minimum Gasteiger partial charge on any atom is -0.497 e. The molecule has 0 heterocycles. The van der Waals surface area contributed by atoms with E-state index in [1.54, 1.807) is 7.11 Å². The van der Waals surface area contributed by atoms with E-state index < -0.39 is 0 Å². The van der Waals surface area contributed by atoms with Gasteiger partial charge in [-0.1, -0.05) is 11.8 Å². The first-order chi connectivity index (χ1) is 7.61. The van der Waals surface area contributed by atoms with Gasteiger partial charge in [0.1, 0.15) is 5.75 Å². The summed E-state index contributed by atoms with van der Waals surface area (Å²) in [4.78, 5) is 10.6. The van der Waals surface area contributed by atoms with Gasteiger partial charge in [-0.05, 0) is 30.7 Å². The van der Waals surface area contributed by atoms with Gasteiger partial charge in [-0.25, -0.2) is 0 Å². The van der Waals surface area contributed by atoms with Crippen LogP contribution in [0.15, 0.2) is 18.2 Å². The molecule has 1 aromatic rings. The van der Waals surface area contributed by atoms with Crippen molar-refractivity contribution in [2.75, 3.05) is 13.7 Å². The quantitative estimate of drug-likeness (QED) is 0.762. The number of hydrogen-bond acceptors (Lipinski definition) is 2. The Morgan fingerprint density at radius 2 is 2.19 bits per heavy atom. The van der Waals surface area contributed by atoms with Crippen molar-refractivity contribution in [1.29, 1.82) is 0 Å². The van der Waals surface area contributed by atoms with E-state index >= 15 is 0 Å². The Labute approximate surface area is 95.8 Å². The fraction of sp³-hybridized carbons (Fsp3) is 0.308. The fourth-order valence-corrected chi connectivity index (χ4v) is 1.25. The maximum atomic E-state index is 10.6. The molecule has 0 bridgehead atoms. The van der Waals surface area contributed by atoms with Gasteiger partial charge in [-0.15, -0.1) is 0 Å². The van der Waals surface area contributed by atoms with Crippen LogP contribution in [0.25, 0.3) is 0 Å². The van der Waals surface area contributed by atoms with Crippen LogP contribution in [-0.2, 0) is 4.79 Å². The van der Waals surface area contributed by atoms with Gasteiger partial charge in [-0.2, -0.15) is 0 Å².